The van der Waals surface area contributed by atoms with Crippen LogP contribution in [-0.2, 0) is 17.9 Å². The lowest BCUT2D eigenvalue weighted by Gasteiger charge is -2.20. The number of carbonyl (C=O) groups is 1. The highest BCUT2D eigenvalue weighted by Crippen LogP contribution is 2.38. The van der Waals surface area contributed by atoms with Crippen LogP contribution in [0.15, 0.2) is 65.2 Å². The number of nitrogens with zero attached hydrogens (tertiary/aromatic N) is 6. The van der Waals surface area contributed by atoms with Crippen molar-refractivity contribution in [2.45, 2.75) is 60.2 Å². The van der Waals surface area contributed by atoms with E-state index in [1.165, 1.54) is 0 Å². The molecule has 0 radical (unpaired) electrons. The lowest BCUT2D eigenvalue weighted by atomic mass is 9.90. The maximum Gasteiger partial charge on any atom is 0.310 e. The summed E-state index contributed by atoms with van der Waals surface area (Å²) < 4.78 is 6.29. The fourth-order valence-electron chi connectivity index (χ4n) is 7.07. The van der Waals surface area contributed by atoms with Crippen molar-refractivity contribution >= 4 is 39.6 Å². The number of nitriles is 1. The summed E-state index contributed by atoms with van der Waals surface area (Å²) in [4.78, 5) is 32.8. The Labute approximate surface area is 307 Å². The monoisotopic (exact) mass is 710 g/mol. The van der Waals surface area contributed by atoms with Crippen LogP contribution in [0, 0.1) is 37.5 Å². The van der Waals surface area contributed by atoms with Crippen LogP contribution in [0.2, 0.25) is 0 Å². The van der Waals surface area contributed by atoms with E-state index >= 15 is 0 Å². The molecular weight excluding hydrogens is 669 g/mol. The van der Waals surface area contributed by atoms with Gasteiger partial charge in [0.25, 0.3) is 0 Å². The van der Waals surface area contributed by atoms with Gasteiger partial charge in [-0.15, -0.1) is 0 Å². The van der Waals surface area contributed by atoms with Gasteiger partial charge in [0.1, 0.15) is 22.9 Å². The second-order valence-electron chi connectivity index (χ2n) is 14.3. The third-order valence-electron chi connectivity index (χ3n) is 10.2. The van der Waals surface area contributed by atoms with Crippen molar-refractivity contribution < 1.29 is 19.4 Å². The van der Waals surface area contributed by atoms with Gasteiger partial charge in [0.15, 0.2) is 11.4 Å². The summed E-state index contributed by atoms with van der Waals surface area (Å²) in [7, 11) is 0. The van der Waals surface area contributed by atoms with Crippen molar-refractivity contribution in [2.75, 3.05) is 25.0 Å². The summed E-state index contributed by atoms with van der Waals surface area (Å²) >= 11 is 0. The van der Waals surface area contributed by atoms with Gasteiger partial charge in [-0.2, -0.15) is 5.26 Å². The number of fused-ring (bicyclic) bond motifs is 2. The average Bonchev–Trinajstić information content (AvgIpc) is 3.75. The van der Waals surface area contributed by atoms with Gasteiger partial charge in [-0.1, -0.05) is 24.3 Å². The van der Waals surface area contributed by atoms with Gasteiger partial charge in [-0.25, -0.2) is 15.0 Å². The first-order valence-electron chi connectivity index (χ1n) is 17.7. The molecule has 6 aromatic rings. The topological polar surface area (TPSA) is 173 Å². The van der Waals surface area contributed by atoms with Crippen LogP contribution in [0.4, 0.5) is 11.5 Å². The molecule has 0 spiro atoms. The number of hydrogen-bond acceptors (Lipinski definition) is 11. The summed E-state index contributed by atoms with van der Waals surface area (Å²) in [5.41, 5.74) is 9.62. The normalized spacial score (nSPS) is 16.6. The standard InChI is InChI=1S/C41H42N8O4/c1-23(21-50)43-18-28-16-34-36(44-19-28)38(46-26(4)45-34)47-33-11-7-9-31(25(33)3)30-8-6-10-32(24(30)2)39-48-35-15-27(14-29(17-42)37(35)53-39)20-49-13-12-41(5,22-49)40(51)52/h6-11,14-16,19,23,43,50H,12-13,18,20-22H2,1-5H3,(H,51,52)(H,45,46,47)/t23?,41-/m1/s1. The number of oxazole rings is 1. The molecule has 4 heterocycles. The number of aryl methyl sites for hydroxylation is 1. The summed E-state index contributed by atoms with van der Waals surface area (Å²) in [6, 6.07) is 20.1. The molecule has 1 unspecified atom stereocenters. The number of anilines is 2. The molecule has 1 aliphatic rings. The zero-order chi connectivity index (χ0) is 37.4. The Hall–Kier alpha value is -5.74. The Kier molecular flexibility index (Phi) is 9.65. The highest BCUT2D eigenvalue weighted by molar-refractivity contribution is 5.90. The molecule has 3 aromatic carbocycles. The summed E-state index contributed by atoms with van der Waals surface area (Å²) in [5, 5.41) is 35.9. The van der Waals surface area contributed by atoms with Crippen molar-refractivity contribution in [3.8, 4) is 28.7 Å². The molecule has 1 fully saturated rings. The number of benzene rings is 3. The molecule has 53 heavy (non-hydrogen) atoms. The number of carboxylic acid groups (broad SMARTS) is 1. The van der Waals surface area contributed by atoms with Gasteiger partial charge < -0.3 is 25.3 Å². The molecule has 12 nitrogen and oxygen atoms in total. The van der Waals surface area contributed by atoms with E-state index in [2.05, 4.69) is 45.6 Å². The Balaban J connectivity index is 1.18. The third-order valence-corrected chi connectivity index (χ3v) is 10.2. The van der Waals surface area contributed by atoms with Gasteiger partial charge in [0.05, 0.1) is 23.1 Å². The van der Waals surface area contributed by atoms with E-state index in [0.29, 0.717) is 72.3 Å². The van der Waals surface area contributed by atoms with Crippen LogP contribution >= 0.6 is 0 Å². The van der Waals surface area contributed by atoms with Crippen LogP contribution in [0.3, 0.4) is 0 Å². The number of hydrogen-bond donors (Lipinski definition) is 4. The van der Waals surface area contributed by atoms with E-state index in [4.69, 9.17) is 19.4 Å². The SMILES string of the molecule is Cc1nc(Nc2cccc(-c3cccc(-c4nc5cc(CN6CC[C@@](C)(C(=O)O)C6)cc(C#N)c5o4)c3C)c2C)c2ncc(CNC(C)CO)cc2n1. The minimum Gasteiger partial charge on any atom is -0.481 e. The van der Waals surface area contributed by atoms with Gasteiger partial charge in [0.2, 0.25) is 5.89 Å². The molecule has 12 heteroatoms. The highest BCUT2D eigenvalue weighted by Gasteiger charge is 2.40. The zero-order valence-electron chi connectivity index (χ0n) is 30.5. The average molecular weight is 711 g/mol. The predicted octanol–water partition coefficient (Wildman–Crippen LogP) is 6.81. The van der Waals surface area contributed by atoms with Gasteiger partial charge in [-0.3, -0.25) is 14.7 Å². The fourth-order valence-corrected chi connectivity index (χ4v) is 7.07. The molecule has 0 bridgehead atoms. The molecule has 7 rings (SSSR count). The van der Waals surface area contributed by atoms with Crippen LogP contribution in [-0.4, -0.2) is 66.8 Å². The molecule has 3 aromatic heterocycles. The molecule has 0 amide bonds. The number of aliphatic carboxylic acids is 1. The number of pyridine rings is 1. The second-order valence-corrected chi connectivity index (χ2v) is 14.3. The number of likely N-dealkylation sites (tertiary alicyclic amines) is 1. The number of aliphatic hydroxyl groups excluding tert-OH is 1. The first kappa shape index (κ1) is 35.7. The van der Waals surface area contributed by atoms with Crippen LogP contribution in [0.5, 0.6) is 0 Å². The third kappa shape index (κ3) is 7.06. The van der Waals surface area contributed by atoms with Crippen molar-refractivity contribution in [1.29, 1.82) is 5.26 Å². The van der Waals surface area contributed by atoms with Crippen molar-refractivity contribution in [3.63, 3.8) is 0 Å². The number of nitrogens with one attached hydrogen (secondary N) is 2. The lowest BCUT2D eigenvalue weighted by molar-refractivity contribution is -0.147. The van der Waals surface area contributed by atoms with Gasteiger partial charge in [0, 0.05) is 43.1 Å². The van der Waals surface area contributed by atoms with Crippen LogP contribution < -0.4 is 10.6 Å². The van der Waals surface area contributed by atoms with Crippen LogP contribution in [0.25, 0.3) is 44.7 Å². The smallest absolute Gasteiger partial charge is 0.310 e. The number of carboxylic acids is 1. The maximum atomic E-state index is 11.8. The van der Waals surface area contributed by atoms with Crippen LogP contribution in [0.1, 0.15) is 53.9 Å². The zero-order valence-corrected chi connectivity index (χ0v) is 30.5. The maximum absolute atomic E-state index is 11.8. The lowest BCUT2D eigenvalue weighted by Crippen LogP contribution is -2.31. The van der Waals surface area contributed by atoms with Crippen molar-refractivity contribution in [1.82, 2.24) is 30.2 Å². The summed E-state index contributed by atoms with van der Waals surface area (Å²) in [6.45, 7) is 11.9. The first-order valence-corrected chi connectivity index (χ1v) is 17.7. The number of aromatic nitrogens is 4. The van der Waals surface area contributed by atoms with E-state index in [1.807, 2.05) is 63.2 Å². The molecule has 270 valence electrons. The predicted molar refractivity (Wildman–Crippen MR) is 203 cm³/mol. The highest BCUT2D eigenvalue weighted by atomic mass is 16.4. The van der Waals surface area contributed by atoms with Crippen molar-refractivity contribution in [3.05, 3.63) is 94.4 Å². The Morgan fingerprint density at radius 2 is 1.75 bits per heavy atom. The molecular formula is C41H42N8O4. The molecule has 0 aliphatic carbocycles. The number of rotatable bonds is 11. The number of aliphatic hydroxyl groups is 1. The minimum atomic E-state index is -0.787. The molecule has 2 atom stereocenters. The van der Waals surface area contributed by atoms with Gasteiger partial charge >= 0.3 is 5.97 Å². The van der Waals surface area contributed by atoms with E-state index in [1.54, 1.807) is 13.1 Å². The minimum absolute atomic E-state index is 0.0269. The summed E-state index contributed by atoms with van der Waals surface area (Å²) in [6.07, 6.45) is 2.38. The quantitative estimate of drug-likeness (QED) is 0.111. The Morgan fingerprint density at radius 3 is 2.49 bits per heavy atom. The van der Waals surface area contributed by atoms with E-state index in [9.17, 15) is 20.3 Å². The largest absolute Gasteiger partial charge is 0.481 e. The Bertz CT molecular complexity index is 2420. The Morgan fingerprint density at radius 1 is 1.02 bits per heavy atom. The fraction of sp³-hybridized carbons (Fsp3) is 0.317. The van der Waals surface area contributed by atoms with Crippen molar-refractivity contribution in [2.24, 2.45) is 5.41 Å². The molecule has 0 saturated carbocycles. The summed E-state index contributed by atoms with van der Waals surface area (Å²) in [5.74, 6) is 0.871. The van der Waals surface area contributed by atoms with E-state index < -0.39 is 11.4 Å². The molecule has 1 aliphatic heterocycles. The van der Waals surface area contributed by atoms with E-state index in [-0.39, 0.29) is 12.6 Å². The molecule has 4 N–H and O–H groups in total. The second kappa shape index (κ2) is 14.4. The van der Waals surface area contributed by atoms with E-state index in [0.717, 1.165) is 50.1 Å². The molecule has 1 saturated heterocycles. The first-order chi connectivity index (χ1) is 25.5. The van der Waals surface area contributed by atoms with Gasteiger partial charge in [-0.05, 0) is 111 Å².